The fourth-order valence-electron chi connectivity index (χ4n) is 4.04. The Hall–Kier alpha value is -2.47. The van der Waals surface area contributed by atoms with Gasteiger partial charge in [0.1, 0.15) is 0 Å². The predicted molar refractivity (Wildman–Crippen MR) is 107 cm³/mol. The predicted octanol–water partition coefficient (Wildman–Crippen LogP) is 3.62. The van der Waals surface area contributed by atoms with Crippen molar-refractivity contribution in [2.45, 2.75) is 39.0 Å². The average molecular weight is 400 g/mol. The molecule has 0 unspecified atom stereocenters. The van der Waals surface area contributed by atoms with Crippen molar-refractivity contribution in [1.29, 1.82) is 0 Å². The van der Waals surface area contributed by atoms with Crippen molar-refractivity contribution < 1.29 is 14.4 Å². The van der Waals surface area contributed by atoms with Crippen molar-refractivity contribution in [2.24, 2.45) is 0 Å². The summed E-state index contributed by atoms with van der Waals surface area (Å²) in [5, 5.41) is 1.11. The summed E-state index contributed by atoms with van der Waals surface area (Å²) in [5.74, 6) is -0.447. The molecular weight excluding hydrogens is 378 g/mol. The van der Waals surface area contributed by atoms with Crippen LogP contribution < -0.4 is 0 Å². The van der Waals surface area contributed by atoms with Crippen molar-refractivity contribution >= 4 is 40.2 Å². The summed E-state index contributed by atoms with van der Waals surface area (Å²) in [6.45, 7) is 5.53. The van der Waals surface area contributed by atoms with E-state index >= 15 is 0 Å². The quantitative estimate of drug-likeness (QED) is 0.720. The van der Waals surface area contributed by atoms with E-state index in [1.54, 1.807) is 23.1 Å². The van der Waals surface area contributed by atoms with Crippen LogP contribution in [0.5, 0.6) is 0 Å². The molecule has 4 rings (SSSR count). The number of hydrogen-bond acceptors (Lipinski definition) is 4. The summed E-state index contributed by atoms with van der Waals surface area (Å²) in [6, 6.07) is 5.22. The summed E-state index contributed by atoms with van der Waals surface area (Å²) in [7, 11) is 0. The van der Waals surface area contributed by atoms with E-state index in [2.05, 4.69) is 4.98 Å². The van der Waals surface area contributed by atoms with Gasteiger partial charge in [0.2, 0.25) is 5.91 Å². The number of rotatable bonds is 5. The maximum absolute atomic E-state index is 13.2. The Bertz CT molecular complexity index is 1000. The molecule has 2 aromatic rings. The van der Waals surface area contributed by atoms with E-state index < -0.39 is 0 Å². The van der Waals surface area contributed by atoms with Crippen molar-refractivity contribution in [3.8, 4) is 0 Å². The maximum Gasteiger partial charge on any atom is 0.263 e. The van der Waals surface area contributed by atoms with Gasteiger partial charge in [-0.25, -0.2) is 0 Å². The minimum absolute atomic E-state index is 0.00718. The zero-order valence-corrected chi connectivity index (χ0v) is 16.8. The molecule has 0 atom stereocenters. The highest BCUT2D eigenvalue weighted by atomic mass is 35.5. The fourth-order valence-corrected chi connectivity index (χ4v) is 4.21. The zero-order valence-electron chi connectivity index (χ0n) is 16.0. The van der Waals surface area contributed by atoms with E-state index in [0.717, 1.165) is 13.0 Å². The van der Waals surface area contributed by atoms with Crippen LogP contribution in [0.4, 0.5) is 0 Å². The first kappa shape index (κ1) is 18.9. The number of fused-ring (bicyclic) bond motifs is 3. The summed E-state index contributed by atoms with van der Waals surface area (Å²) < 4.78 is 0. The Morgan fingerprint density at radius 1 is 1.11 bits per heavy atom. The second kappa shape index (κ2) is 7.17. The first-order chi connectivity index (χ1) is 13.4. The van der Waals surface area contributed by atoms with E-state index in [9.17, 15) is 14.4 Å². The van der Waals surface area contributed by atoms with Gasteiger partial charge in [-0.1, -0.05) is 25.4 Å². The summed E-state index contributed by atoms with van der Waals surface area (Å²) in [5.41, 5.74) is 2.10. The number of likely N-dealkylation sites (tertiary alicyclic amines) is 1. The number of pyridine rings is 1. The summed E-state index contributed by atoms with van der Waals surface area (Å²) in [4.78, 5) is 45.8. The monoisotopic (exact) mass is 399 g/mol. The Kier molecular flexibility index (Phi) is 4.83. The van der Waals surface area contributed by atoms with E-state index in [1.165, 1.54) is 4.90 Å². The van der Waals surface area contributed by atoms with Crippen molar-refractivity contribution in [3.63, 3.8) is 0 Å². The number of benzene rings is 1. The van der Waals surface area contributed by atoms with Crippen molar-refractivity contribution in [1.82, 2.24) is 14.8 Å². The third kappa shape index (κ3) is 3.05. The number of halogens is 1. The molecule has 3 amide bonds. The smallest absolute Gasteiger partial charge is 0.263 e. The lowest BCUT2D eigenvalue weighted by Gasteiger charge is -2.18. The normalized spacial score (nSPS) is 16.8. The molecule has 0 N–H and O–H groups in total. The largest absolute Gasteiger partial charge is 0.343 e. The van der Waals surface area contributed by atoms with Gasteiger partial charge < -0.3 is 4.90 Å². The van der Waals surface area contributed by atoms with Crippen LogP contribution in [-0.2, 0) is 4.79 Å². The lowest BCUT2D eigenvalue weighted by Crippen LogP contribution is -2.34. The molecule has 28 heavy (non-hydrogen) atoms. The molecule has 2 aliphatic heterocycles. The molecule has 1 aromatic heterocycles. The van der Waals surface area contributed by atoms with E-state index in [4.69, 9.17) is 11.6 Å². The lowest BCUT2D eigenvalue weighted by molar-refractivity contribution is -0.127. The van der Waals surface area contributed by atoms with Crippen molar-refractivity contribution in [3.05, 3.63) is 40.0 Å². The Morgan fingerprint density at radius 2 is 1.86 bits per heavy atom. The molecule has 1 aromatic carbocycles. The summed E-state index contributed by atoms with van der Waals surface area (Å²) >= 11 is 6.14. The first-order valence-electron chi connectivity index (χ1n) is 9.65. The minimum Gasteiger partial charge on any atom is -0.343 e. The van der Waals surface area contributed by atoms with E-state index in [-0.39, 0.29) is 30.2 Å². The first-order valence-corrected chi connectivity index (χ1v) is 10.0. The van der Waals surface area contributed by atoms with Gasteiger partial charge in [0.15, 0.2) is 0 Å². The van der Waals surface area contributed by atoms with Gasteiger partial charge >= 0.3 is 0 Å². The van der Waals surface area contributed by atoms with Gasteiger partial charge in [-0.3, -0.25) is 24.3 Å². The molecule has 0 aliphatic carbocycles. The highest BCUT2D eigenvalue weighted by Crippen LogP contribution is 2.35. The Labute approximate surface area is 168 Å². The highest BCUT2D eigenvalue weighted by molar-refractivity contribution is 6.32. The van der Waals surface area contributed by atoms with Gasteiger partial charge in [-0.05, 0) is 37.0 Å². The third-order valence-electron chi connectivity index (χ3n) is 5.42. The van der Waals surface area contributed by atoms with Crippen LogP contribution in [0.15, 0.2) is 18.2 Å². The SMILES string of the molecule is CC(C)c1nc2ccc(Cl)cc2c2c1C(=O)N(CCCN1CCCC1=O)C2=O. The molecular formula is C21H22ClN3O3. The van der Waals surface area contributed by atoms with Crippen molar-refractivity contribution in [2.75, 3.05) is 19.6 Å². The van der Waals surface area contributed by atoms with Gasteiger partial charge in [0.05, 0.1) is 22.3 Å². The maximum atomic E-state index is 13.2. The topological polar surface area (TPSA) is 70.6 Å². The molecule has 146 valence electrons. The Balaban J connectivity index is 1.67. The number of carbonyl (C=O) groups is 3. The van der Waals surface area contributed by atoms with Gasteiger partial charge in [-0.15, -0.1) is 0 Å². The molecule has 7 heteroatoms. The number of hydrogen-bond donors (Lipinski definition) is 0. The molecule has 0 bridgehead atoms. The van der Waals surface area contributed by atoms with E-state index in [1.807, 2.05) is 13.8 Å². The molecule has 0 saturated carbocycles. The molecule has 3 heterocycles. The molecule has 1 fully saturated rings. The molecule has 6 nitrogen and oxygen atoms in total. The van der Waals surface area contributed by atoms with Crippen LogP contribution in [0.25, 0.3) is 10.9 Å². The van der Waals surface area contributed by atoms with Gasteiger partial charge in [-0.2, -0.15) is 0 Å². The van der Waals surface area contributed by atoms with Crippen LogP contribution >= 0.6 is 11.6 Å². The average Bonchev–Trinajstić information content (AvgIpc) is 3.17. The number of aromatic nitrogens is 1. The number of imide groups is 1. The lowest BCUT2D eigenvalue weighted by atomic mass is 9.97. The molecule has 2 aliphatic rings. The highest BCUT2D eigenvalue weighted by Gasteiger charge is 2.40. The fraction of sp³-hybridized carbons (Fsp3) is 0.429. The van der Waals surface area contributed by atoms with E-state index in [0.29, 0.717) is 52.1 Å². The second-order valence-corrected chi connectivity index (χ2v) is 8.10. The van der Waals surface area contributed by atoms with Crippen LogP contribution in [0, 0.1) is 0 Å². The molecule has 1 saturated heterocycles. The number of carbonyl (C=O) groups excluding carboxylic acids is 3. The van der Waals surface area contributed by atoms with Crippen LogP contribution in [-0.4, -0.2) is 52.1 Å². The van der Waals surface area contributed by atoms with Gasteiger partial charge in [0, 0.05) is 36.5 Å². The van der Waals surface area contributed by atoms with Gasteiger partial charge in [0.25, 0.3) is 11.8 Å². The number of nitrogens with zero attached hydrogens (tertiary/aromatic N) is 3. The molecule has 0 spiro atoms. The second-order valence-electron chi connectivity index (χ2n) is 7.66. The Morgan fingerprint density at radius 3 is 2.54 bits per heavy atom. The standard InChI is InChI=1S/C21H22ClN3O3/c1-12(2)19-18-17(14-11-13(22)6-7-15(14)23-19)20(27)25(21(18)28)10-4-9-24-8-3-5-16(24)26/h6-7,11-12H,3-5,8-10H2,1-2H3. The third-order valence-corrected chi connectivity index (χ3v) is 5.66. The zero-order chi connectivity index (χ0) is 20.0. The van der Waals surface area contributed by atoms with Crippen LogP contribution in [0.1, 0.15) is 65.4 Å². The van der Waals surface area contributed by atoms with Crippen LogP contribution in [0.2, 0.25) is 5.02 Å². The number of amides is 3. The molecule has 0 radical (unpaired) electrons. The minimum atomic E-state index is -0.302. The van der Waals surface area contributed by atoms with Crippen LogP contribution in [0.3, 0.4) is 0 Å². The summed E-state index contributed by atoms with van der Waals surface area (Å²) in [6.07, 6.45) is 2.03.